The lowest BCUT2D eigenvalue weighted by Gasteiger charge is -2.34. The summed E-state index contributed by atoms with van der Waals surface area (Å²) in [6.07, 6.45) is 4.88. The molecule has 6 heteroatoms. The summed E-state index contributed by atoms with van der Waals surface area (Å²) in [6.45, 7) is 6.80. The van der Waals surface area contributed by atoms with Crippen molar-refractivity contribution in [3.63, 3.8) is 0 Å². The Hall–Kier alpha value is -0.650. The third-order valence-corrected chi connectivity index (χ3v) is 3.57. The van der Waals surface area contributed by atoms with Crippen LogP contribution in [0.2, 0.25) is 0 Å². The zero-order valence-electron chi connectivity index (χ0n) is 11.8. The molecule has 0 bridgehead atoms. The van der Waals surface area contributed by atoms with E-state index in [9.17, 15) is 0 Å². The van der Waals surface area contributed by atoms with Crippen LogP contribution in [0.5, 0.6) is 0 Å². The molecule has 0 radical (unpaired) electrons. The molecule has 1 fully saturated rings. The van der Waals surface area contributed by atoms with Gasteiger partial charge >= 0.3 is 0 Å². The maximum atomic E-state index is 5.68. The first-order chi connectivity index (χ1) is 8.70. The molecule has 5 nitrogen and oxygen atoms in total. The van der Waals surface area contributed by atoms with E-state index in [0.29, 0.717) is 12.0 Å². The minimum Gasteiger partial charge on any atom is -0.339 e. The summed E-state index contributed by atoms with van der Waals surface area (Å²) in [5.41, 5.74) is 5.68. The van der Waals surface area contributed by atoms with Gasteiger partial charge < -0.3 is 10.3 Å². The van der Waals surface area contributed by atoms with Crippen LogP contribution >= 0.6 is 12.4 Å². The van der Waals surface area contributed by atoms with Gasteiger partial charge in [-0.2, -0.15) is 4.98 Å². The number of nitrogens with two attached hydrogens (primary N) is 1. The summed E-state index contributed by atoms with van der Waals surface area (Å²) in [7, 11) is 0. The molecule has 1 aromatic rings. The Morgan fingerprint density at radius 2 is 2.21 bits per heavy atom. The van der Waals surface area contributed by atoms with Crippen LogP contribution in [0.25, 0.3) is 0 Å². The molecule has 19 heavy (non-hydrogen) atoms. The Balaban J connectivity index is 0.00000180. The van der Waals surface area contributed by atoms with Crippen molar-refractivity contribution in [1.82, 2.24) is 15.0 Å². The summed E-state index contributed by atoms with van der Waals surface area (Å²) in [6, 6.07) is 0.588. The van der Waals surface area contributed by atoms with Crippen LogP contribution in [-0.4, -0.2) is 34.2 Å². The molecule has 1 saturated heterocycles. The second-order valence-electron chi connectivity index (χ2n) is 5.40. The van der Waals surface area contributed by atoms with E-state index in [2.05, 4.69) is 28.9 Å². The molecule has 1 aromatic heterocycles. The van der Waals surface area contributed by atoms with Crippen LogP contribution in [0.3, 0.4) is 0 Å². The smallest absolute Gasteiger partial charge is 0.229 e. The molecule has 0 amide bonds. The largest absolute Gasteiger partial charge is 0.339 e. The van der Waals surface area contributed by atoms with Gasteiger partial charge in [0.25, 0.3) is 0 Å². The minimum atomic E-state index is 0. The van der Waals surface area contributed by atoms with Crippen LogP contribution in [-0.2, 0) is 6.54 Å². The van der Waals surface area contributed by atoms with Gasteiger partial charge in [0.15, 0.2) is 5.82 Å². The first-order valence-electron chi connectivity index (χ1n) is 6.97. The Kier molecular flexibility index (Phi) is 6.75. The highest BCUT2D eigenvalue weighted by atomic mass is 35.5. The summed E-state index contributed by atoms with van der Waals surface area (Å²) in [5, 5.41) is 4.07. The van der Waals surface area contributed by atoms with Gasteiger partial charge in [-0.25, -0.2) is 0 Å². The van der Waals surface area contributed by atoms with E-state index in [1.807, 2.05) is 0 Å². The average Bonchev–Trinajstić information content (AvgIpc) is 2.81. The fourth-order valence-corrected chi connectivity index (χ4v) is 2.54. The van der Waals surface area contributed by atoms with Gasteiger partial charge in [-0.3, -0.25) is 4.90 Å². The second-order valence-corrected chi connectivity index (χ2v) is 5.40. The molecule has 0 aromatic carbocycles. The number of piperidine rings is 1. The van der Waals surface area contributed by atoms with Gasteiger partial charge in [-0.05, 0) is 32.4 Å². The lowest BCUT2D eigenvalue weighted by atomic mass is 9.99. The minimum absolute atomic E-state index is 0. The Morgan fingerprint density at radius 1 is 1.42 bits per heavy atom. The van der Waals surface area contributed by atoms with Crippen molar-refractivity contribution in [2.75, 3.05) is 13.1 Å². The van der Waals surface area contributed by atoms with Crippen molar-refractivity contribution in [3.05, 3.63) is 11.7 Å². The number of aromatic nitrogens is 2. The van der Waals surface area contributed by atoms with Crippen molar-refractivity contribution in [1.29, 1.82) is 0 Å². The highest BCUT2D eigenvalue weighted by Crippen LogP contribution is 2.21. The number of hydrogen-bond acceptors (Lipinski definition) is 5. The predicted molar refractivity (Wildman–Crippen MR) is 77.4 cm³/mol. The van der Waals surface area contributed by atoms with Gasteiger partial charge in [0.2, 0.25) is 5.89 Å². The lowest BCUT2D eigenvalue weighted by Crippen LogP contribution is -2.40. The third kappa shape index (κ3) is 4.44. The average molecular weight is 289 g/mol. The van der Waals surface area contributed by atoms with Gasteiger partial charge in [0.05, 0.1) is 6.54 Å². The Labute approximate surface area is 121 Å². The Morgan fingerprint density at radius 3 is 2.84 bits per heavy atom. The number of halogens is 1. The molecule has 1 aliphatic rings. The maximum Gasteiger partial charge on any atom is 0.229 e. The van der Waals surface area contributed by atoms with E-state index in [4.69, 9.17) is 10.3 Å². The van der Waals surface area contributed by atoms with E-state index in [1.165, 1.54) is 19.3 Å². The third-order valence-electron chi connectivity index (χ3n) is 3.57. The molecule has 1 unspecified atom stereocenters. The SMILES string of the molecule is CC(C)c1nc(CN2CCCCC2CCN)no1.Cl. The highest BCUT2D eigenvalue weighted by molar-refractivity contribution is 5.85. The standard InChI is InChI=1S/C13H24N4O.ClH/c1-10(2)13-15-12(16-18-13)9-17-8-4-3-5-11(17)6-7-14;/h10-11H,3-9,14H2,1-2H3;1H. The van der Waals surface area contributed by atoms with E-state index in [1.54, 1.807) is 0 Å². The Bertz CT molecular complexity index is 367. The van der Waals surface area contributed by atoms with Gasteiger partial charge in [0.1, 0.15) is 0 Å². The van der Waals surface area contributed by atoms with E-state index in [0.717, 1.165) is 37.8 Å². The zero-order valence-corrected chi connectivity index (χ0v) is 12.7. The number of hydrogen-bond donors (Lipinski definition) is 1. The predicted octanol–water partition coefficient (Wildman–Crippen LogP) is 2.32. The monoisotopic (exact) mass is 288 g/mol. The first-order valence-corrected chi connectivity index (χ1v) is 6.97. The van der Waals surface area contributed by atoms with E-state index >= 15 is 0 Å². The van der Waals surface area contributed by atoms with Gasteiger partial charge in [-0.1, -0.05) is 25.4 Å². The molecule has 0 saturated carbocycles. The van der Waals surface area contributed by atoms with Gasteiger partial charge in [-0.15, -0.1) is 12.4 Å². The molecule has 2 heterocycles. The second kappa shape index (κ2) is 7.82. The fraction of sp³-hybridized carbons (Fsp3) is 0.846. The van der Waals surface area contributed by atoms with Crippen molar-refractivity contribution in [2.45, 2.75) is 58.0 Å². The van der Waals surface area contributed by atoms with Gasteiger partial charge in [0, 0.05) is 12.0 Å². The number of likely N-dealkylation sites (tertiary alicyclic amines) is 1. The summed E-state index contributed by atoms with van der Waals surface area (Å²) in [4.78, 5) is 6.90. The van der Waals surface area contributed by atoms with E-state index < -0.39 is 0 Å². The van der Waals surface area contributed by atoms with Crippen molar-refractivity contribution in [3.8, 4) is 0 Å². The normalized spacial score (nSPS) is 20.5. The maximum absolute atomic E-state index is 5.68. The van der Waals surface area contributed by atoms with E-state index in [-0.39, 0.29) is 12.4 Å². The molecular formula is C13H25ClN4O. The molecule has 110 valence electrons. The van der Waals surface area contributed by atoms with Crippen LogP contribution < -0.4 is 5.73 Å². The fourth-order valence-electron chi connectivity index (χ4n) is 2.54. The first kappa shape index (κ1) is 16.4. The zero-order chi connectivity index (χ0) is 13.0. The number of rotatable bonds is 5. The summed E-state index contributed by atoms with van der Waals surface area (Å²) >= 11 is 0. The molecule has 1 aliphatic heterocycles. The topological polar surface area (TPSA) is 68.2 Å². The van der Waals surface area contributed by atoms with Crippen molar-refractivity contribution < 1.29 is 4.52 Å². The molecule has 0 aliphatic carbocycles. The molecule has 2 rings (SSSR count). The molecular weight excluding hydrogens is 264 g/mol. The molecule has 2 N–H and O–H groups in total. The number of nitrogens with zero attached hydrogens (tertiary/aromatic N) is 3. The van der Waals surface area contributed by atoms with Crippen LogP contribution in [0.15, 0.2) is 4.52 Å². The van der Waals surface area contributed by atoms with Crippen LogP contribution in [0.1, 0.15) is 57.2 Å². The summed E-state index contributed by atoms with van der Waals surface area (Å²) < 4.78 is 5.25. The lowest BCUT2D eigenvalue weighted by molar-refractivity contribution is 0.129. The molecule has 0 spiro atoms. The van der Waals surface area contributed by atoms with Crippen LogP contribution in [0.4, 0.5) is 0 Å². The summed E-state index contributed by atoms with van der Waals surface area (Å²) in [5.74, 6) is 1.84. The van der Waals surface area contributed by atoms with Crippen LogP contribution in [0, 0.1) is 0 Å². The van der Waals surface area contributed by atoms with Crippen molar-refractivity contribution in [2.24, 2.45) is 5.73 Å². The van der Waals surface area contributed by atoms with Crippen molar-refractivity contribution >= 4 is 12.4 Å². The quantitative estimate of drug-likeness (QED) is 0.900. The highest BCUT2D eigenvalue weighted by Gasteiger charge is 2.23. The molecule has 1 atom stereocenters.